The summed E-state index contributed by atoms with van der Waals surface area (Å²) in [4.78, 5) is 10.8. The monoisotopic (exact) mass is 686 g/mol. The highest BCUT2D eigenvalue weighted by Crippen LogP contribution is 2.48. The smallest absolute Gasteiger partial charge is 0.235 e. The molecule has 8 aromatic carbocycles. The van der Waals surface area contributed by atoms with Gasteiger partial charge in [-0.05, 0) is 34.7 Å². The van der Waals surface area contributed by atoms with Crippen molar-refractivity contribution in [2.45, 2.75) is 0 Å². The van der Waals surface area contributed by atoms with Crippen LogP contribution in [0.25, 0.3) is 110 Å². The summed E-state index contributed by atoms with van der Waals surface area (Å²) >= 11 is 0. The van der Waals surface area contributed by atoms with Gasteiger partial charge in [-0.3, -0.25) is 4.57 Å². The van der Waals surface area contributed by atoms with Crippen LogP contribution in [-0.4, -0.2) is 18.9 Å². The Balaban J connectivity index is 1.23. The lowest BCUT2D eigenvalue weighted by atomic mass is 9.98. The highest BCUT2D eigenvalue weighted by molar-refractivity contribution is 6.39. The number of benzene rings is 8. The Morgan fingerprint density at radius 2 is 0.815 bits per heavy atom. The van der Waals surface area contributed by atoms with E-state index in [-0.39, 0.29) is 0 Å². The Kier molecular flexibility index (Phi) is 6.02. The molecule has 4 nitrogen and oxygen atoms in total. The van der Waals surface area contributed by atoms with Gasteiger partial charge in [-0.1, -0.05) is 164 Å². The molecule has 0 N–H and O–H groups in total. The first-order valence-electron chi connectivity index (χ1n) is 18.4. The Bertz CT molecular complexity index is 3410. The summed E-state index contributed by atoms with van der Waals surface area (Å²) < 4.78 is 4.83. The van der Waals surface area contributed by atoms with Crippen molar-refractivity contribution in [3.63, 3.8) is 0 Å². The minimum absolute atomic E-state index is 0.646. The van der Waals surface area contributed by atoms with Gasteiger partial charge in [0.15, 0.2) is 0 Å². The summed E-state index contributed by atoms with van der Waals surface area (Å²) in [5.41, 5.74) is 12.1. The molecule has 4 heteroatoms. The van der Waals surface area contributed by atoms with Gasteiger partial charge in [0.05, 0.1) is 39.0 Å². The lowest BCUT2D eigenvalue weighted by Gasteiger charge is -2.13. The van der Waals surface area contributed by atoms with Crippen LogP contribution >= 0.6 is 0 Å². The number of hydrogen-bond donors (Lipinski definition) is 0. The van der Waals surface area contributed by atoms with E-state index >= 15 is 0 Å². The van der Waals surface area contributed by atoms with E-state index in [2.05, 4.69) is 191 Å². The zero-order valence-corrected chi connectivity index (χ0v) is 29.1. The molecule has 0 amide bonds. The van der Waals surface area contributed by atoms with E-state index in [4.69, 9.17) is 9.97 Å². The van der Waals surface area contributed by atoms with Crippen LogP contribution in [0.1, 0.15) is 0 Å². The van der Waals surface area contributed by atoms with Crippen LogP contribution in [0.15, 0.2) is 182 Å². The van der Waals surface area contributed by atoms with Crippen molar-refractivity contribution in [2.24, 2.45) is 0 Å². The van der Waals surface area contributed by atoms with Crippen molar-refractivity contribution in [1.82, 2.24) is 18.9 Å². The summed E-state index contributed by atoms with van der Waals surface area (Å²) in [6, 6.07) is 65.0. The molecule has 0 bridgehead atoms. The number of nitrogens with zero attached hydrogens (tertiary/aromatic N) is 4. The molecular weight excluding hydrogens is 657 g/mol. The normalized spacial score (nSPS) is 12.1. The first-order chi connectivity index (χ1) is 26.8. The quantitative estimate of drug-likeness (QED) is 0.185. The lowest BCUT2D eigenvalue weighted by molar-refractivity contribution is 0.998. The van der Waals surface area contributed by atoms with Gasteiger partial charge in [0.25, 0.3) is 0 Å². The molecule has 0 unspecified atom stereocenters. The molecule has 0 aliphatic rings. The maximum absolute atomic E-state index is 5.44. The fourth-order valence-electron chi connectivity index (χ4n) is 8.95. The molecule has 12 rings (SSSR count). The van der Waals surface area contributed by atoms with Crippen LogP contribution in [0.4, 0.5) is 0 Å². The van der Waals surface area contributed by atoms with E-state index in [1.807, 2.05) is 0 Å². The highest BCUT2D eigenvalue weighted by atomic mass is 15.2. The maximum atomic E-state index is 5.44. The van der Waals surface area contributed by atoms with Crippen molar-refractivity contribution in [1.29, 1.82) is 0 Å². The molecule has 0 saturated carbocycles. The predicted molar refractivity (Wildman–Crippen MR) is 225 cm³/mol. The maximum Gasteiger partial charge on any atom is 0.235 e. The molecule has 4 heterocycles. The summed E-state index contributed by atoms with van der Waals surface area (Å²) in [7, 11) is 0. The average molecular weight is 687 g/mol. The van der Waals surface area contributed by atoms with Gasteiger partial charge in [0.1, 0.15) is 0 Å². The topological polar surface area (TPSA) is 35.1 Å². The fraction of sp³-hybridized carbons (Fsp3) is 0. The third-order valence-corrected chi connectivity index (χ3v) is 11.3. The number of rotatable bonds is 4. The van der Waals surface area contributed by atoms with Crippen molar-refractivity contribution in [3.8, 4) is 39.6 Å². The third kappa shape index (κ3) is 4.02. The van der Waals surface area contributed by atoms with E-state index in [0.29, 0.717) is 5.95 Å². The standard InChI is InChI=1S/C50H30N4/c1-3-14-31(15-4-1)32-26-28-34(29-27-32)42-30-41(33-16-5-2-6-17-33)51-50(52-42)54-44-25-12-10-21-39(44)46-48(54)38-20-8-7-19-36(38)45-40-23-13-22-37-35-18-9-11-24-43(35)53(47(37)40)49(45)46/h1-30H. The molecule has 0 saturated heterocycles. The molecule has 12 aromatic rings. The molecular formula is C50H30N4. The number of aromatic nitrogens is 4. The molecule has 4 aromatic heterocycles. The Hall–Kier alpha value is -7.30. The van der Waals surface area contributed by atoms with Gasteiger partial charge in [0, 0.05) is 48.8 Å². The highest BCUT2D eigenvalue weighted by Gasteiger charge is 2.26. The summed E-state index contributed by atoms with van der Waals surface area (Å²) in [5.74, 6) is 0.646. The molecule has 0 spiro atoms. The first kappa shape index (κ1) is 29.3. The fourth-order valence-corrected chi connectivity index (χ4v) is 8.95. The van der Waals surface area contributed by atoms with Gasteiger partial charge in [-0.2, -0.15) is 0 Å². The first-order valence-corrected chi connectivity index (χ1v) is 18.4. The Morgan fingerprint density at radius 3 is 1.56 bits per heavy atom. The van der Waals surface area contributed by atoms with E-state index in [1.165, 1.54) is 70.8 Å². The molecule has 0 aliphatic carbocycles. The second-order valence-electron chi connectivity index (χ2n) is 14.1. The second kappa shape index (κ2) is 11.1. The Morgan fingerprint density at radius 1 is 0.315 bits per heavy atom. The zero-order chi connectivity index (χ0) is 35.3. The SMILES string of the molecule is c1ccc(-c2ccc(-c3cc(-c4ccccc4)nc(-n4c5ccccc5c5c4c4ccccc4c4c6cccc7c8ccccc8n(c76)c45)n3)cc2)cc1. The van der Waals surface area contributed by atoms with E-state index in [9.17, 15) is 0 Å². The number of para-hydroxylation sites is 3. The summed E-state index contributed by atoms with van der Waals surface area (Å²) in [6.45, 7) is 0. The lowest BCUT2D eigenvalue weighted by Crippen LogP contribution is -2.04. The number of fused-ring (bicyclic) bond motifs is 13. The minimum atomic E-state index is 0.646. The molecule has 0 aliphatic heterocycles. The average Bonchev–Trinajstić information content (AvgIpc) is 3.90. The van der Waals surface area contributed by atoms with Crippen LogP contribution in [0, 0.1) is 0 Å². The van der Waals surface area contributed by atoms with Gasteiger partial charge in [-0.25, -0.2) is 9.97 Å². The van der Waals surface area contributed by atoms with Crippen molar-refractivity contribution >= 4 is 70.7 Å². The van der Waals surface area contributed by atoms with Crippen LogP contribution in [0.5, 0.6) is 0 Å². The molecule has 54 heavy (non-hydrogen) atoms. The van der Waals surface area contributed by atoms with Crippen LogP contribution in [0.2, 0.25) is 0 Å². The Labute approximate surface area is 310 Å². The van der Waals surface area contributed by atoms with Crippen LogP contribution in [-0.2, 0) is 0 Å². The van der Waals surface area contributed by atoms with Gasteiger partial charge in [-0.15, -0.1) is 0 Å². The van der Waals surface area contributed by atoms with E-state index in [1.54, 1.807) is 0 Å². The van der Waals surface area contributed by atoms with E-state index < -0.39 is 0 Å². The van der Waals surface area contributed by atoms with Gasteiger partial charge >= 0.3 is 0 Å². The molecule has 0 radical (unpaired) electrons. The summed E-state index contributed by atoms with van der Waals surface area (Å²) in [5, 5.41) is 9.89. The zero-order valence-electron chi connectivity index (χ0n) is 29.1. The second-order valence-corrected chi connectivity index (χ2v) is 14.1. The predicted octanol–water partition coefficient (Wildman–Crippen LogP) is 12.9. The summed E-state index contributed by atoms with van der Waals surface area (Å²) in [6.07, 6.45) is 0. The van der Waals surface area contributed by atoms with Gasteiger partial charge < -0.3 is 4.40 Å². The van der Waals surface area contributed by atoms with Crippen LogP contribution in [0.3, 0.4) is 0 Å². The number of hydrogen-bond acceptors (Lipinski definition) is 2. The molecule has 0 atom stereocenters. The van der Waals surface area contributed by atoms with Crippen molar-refractivity contribution in [3.05, 3.63) is 182 Å². The molecule has 250 valence electrons. The van der Waals surface area contributed by atoms with Crippen molar-refractivity contribution in [2.75, 3.05) is 0 Å². The van der Waals surface area contributed by atoms with Crippen LogP contribution < -0.4 is 0 Å². The van der Waals surface area contributed by atoms with Gasteiger partial charge in [0.2, 0.25) is 5.95 Å². The van der Waals surface area contributed by atoms with Crippen molar-refractivity contribution < 1.29 is 0 Å². The minimum Gasteiger partial charge on any atom is -0.307 e. The third-order valence-electron chi connectivity index (χ3n) is 11.3. The molecule has 0 fully saturated rings. The van der Waals surface area contributed by atoms with E-state index in [0.717, 1.165) is 33.5 Å². The largest absolute Gasteiger partial charge is 0.307 e.